The van der Waals surface area contributed by atoms with Gasteiger partial charge in [0.1, 0.15) is 0 Å². The first-order valence-corrected chi connectivity index (χ1v) is 5.73. The molecule has 17 heavy (non-hydrogen) atoms. The van der Waals surface area contributed by atoms with Gasteiger partial charge in [-0.1, -0.05) is 48.0 Å². The maximum absolute atomic E-state index is 3.41. The molecule has 1 nitrogen and oxygen atoms in total. The monoisotopic (exact) mass is 245 g/mol. The van der Waals surface area contributed by atoms with Crippen molar-refractivity contribution in [3.63, 3.8) is 0 Å². The Hall–Kier alpha value is -1.31. The largest absolute Gasteiger partial charge is 0.309 e. The van der Waals surface area contributed by atoms with Crippen LogP contribution in [0.25, 0.3) is 11.1 Å². The standard InChI is InChI=1S/C15H15N.ClH/c1-11-4-2-5-12(8-11)14-7-3-6-13-9-16-10-15(13)14;/h2-8,16H,9-10H2,1H3;1H. The van der Waals surface area contributed by atoms with Gasteiger partial charge in [0.2, 0.25) is 0 Å². The van der Waals surface area contributed by atoms with Crippen molar-refractivity contribution in [3.05, 3.63) is 59.2 Å². The third-order valence-corrected chi connectivity index (χ3v) is 3.22. The second-order valence-corrected chi connectivity index (χ2v) is 4.42. The van der Waals surface area contributed by atoms with E-state index in [1.807, 2.05) is 0 Å². The predicted molar refractivity (Wildman–Crippen MR) is 74.4 cm³/mol. The Morgan fingerprint density at radius 3 is 2.65 bits per heavy atom. The predicted octanol–water partition coefficient (Wildman–Crippen LogP) is 3.69. The molecule has 0 saturated heterocycles. The summed E-state index contributed by atoms with van der Waals surface area (Å²) in [5.41, 5.74) is 6.94. The summed E-state index contributed by atoms with van der Waals surface area (Å²) in [5, 5.41) is 3.41. The van der Waals surface area contributed by atoms with E-state index in [0.717, 1.165) is 13.1 Å². The molecule has 1 aliphatic heterocycles. The van der Waals surface area contributed by atoms with Crippen molar-refractivity contribution in [1.82, 2.24) is 5.32 Å². The molecule has 0 atom stereocenters. The lowest BCUT2D eigenvalue weighted by Gasteiger charge is -2.08. The minimum Gasteiger partial charge on any atom is -0.309 e. The molecule has 3 rings (SSSR count). The van der Waals surface area contributed by atoms with E-state index < -0.39 is 0 Å². The average molecular weight is 246 g/mol. The Morgan fingerprint density at radius 1 is 1.00 bits per heavy atom. The van der Waals surface area contributed by atoms with Crippen LogP contribution in [0.5, 0.6) is 0 Å². The lowest BCUT2D eigenvalue weighted by atomic mass is 9.96. The van der Waals surface area contributed by atoms with Crippen LogP contribution in [0.2, 0.25) is 0 Å². The molecule has 88 valence electrons. The Balaban J connectivity index is 0.00000108. The third-order valence-electron chi connectivity index (χ3n) is 3.22. The second-order valence-electron chi connectivity index (χ2n) is 4.42. The molecule has 1 N–H and O–H groups in total. The molecular formula is C15H16ClN. The summed E-state index contributed by atoms with van der Waals surface area (Å²) in [6.45, 7) is 4.15. The minimum atomic E-state index is 0. The smallest absolute Gasteiger partial charge is 0.0218 e. The van der Waals surface area contributed by atoms with Crippen LogP contribution in [0.4, 0.5) is 0 Å². The zero-order valence-electron chi connectivity index (χ0n) is 9.86. The highest BCUT2D eigenvalue weighted by Gasteiger charge is 2.14. The number of hydrogen-bond acceptors (Lipinski definition) is 1. The summed E-state index contributed by atoms with van der Waals surface area (Å²) < 4.78 is 0. The highest BCUT2D eigenvalue weighted by Crippen LogP contribution is 2.29. The number of benzene rings is 2. The quantitative estimate of drug-likeness (QED) is 0.808. The van der Waals surface area contributed by atoms with Crippen molar-refractivity contribution in [2.24, 2.45) is 0 Å². The molecule has 0 radical (unpaired) electrons. The van der Waals surface area contributed by atoms with Crippen LogP contribution in [-0.2, 0) is 13.1 Å². The maximum atomic E-state index is 3.41. The number of rotatable bonds is 1. The summed E-state index contributed by atoms with van der Waals surface area (Å²) >= 11 is 0. The fourth-order valence-corrected chi connectivity index (χ4v) is 2.41. The van der Waals surface area contributed by atoms with Crippen LogP contribution in [0, 0.1) is 6.92 Å². The van der Waals surface area contributed by atoms with Gasteiger partial charge in [-0.3, -0.25) is 0 Å². The van der Waals surface area contributed by atoms with Gasteiger partial charge in [0.15, 0.2) is 0 Å². The van der Waals surface area contributed by atoms with Gasteiger partial charge >= 0.3 is 0 Å². The maximum Gasteiger partial charge on any atom is 0.0218 e. The van der Waals surface area contributed by atoms with Gasteiger partial charge in [-0.2, -0.15) is 0 Å². The molecule has 0 amide bonds. The van der Waals surface area contributed by atoms with E-state index in [2.05, 4.69) is 54.7 Å². The van der Waals surface area contributed by atoms with Gasteiger partial charge in [-0.25, -0.2) is 0 Å². The lowest BCUT2D eigenvalue weighted by molar-refractivity contribution is 0.765. The number of fused-ring (bicyclic) bond motifs is 1. The molecule has 0 saturated carbocycles. The molecule has 1 aliphatic rings. The molecule has 2 aromatic rings. The van der Waals surface area contributed by atoms with E-state index in [0.29, 0.717) is 0 Å². The first-order chi connectivity index (χ1) is 7.84. The fourth-order valence-electron chi connectivity index (χ4n) is 2.41. The van der Waals surface area contributed by atoms with Gasteiger partial charge in [0.25, 0.3) is 0 Å². The molecule has 0 spiro atoms. The van der Waals surface area contributed by atoms with Crippen LogP contribution in [0.1, 0.15) is 16.7 Å². The Bertz CT molecular complexity index is 534. The van der Waals surface area contributed by atoms with Crippen molar-refractivity contribution in [2.45, 2.75) is 20.0 Å². The molecule has 2 heteroatoms. The van der Waals surface area contributed by atoms with Gasteiger partial charge in [0, 0.05) is 13.1 Å². The summed E-state index contributed by atoms with van der Waals surface area (Å²) in [7, 11) is 0. The zero-order chi connectivity index (χ0) is 11.0. The highest BCUT2D eigenvalue weighted by molar-refractivity contribution is 5.85. The second kappa shape index (κ2) is 4.91. The van der Waals surface area contributed by atoms with E-state index in [1.54, 1.807) is 0 Å². The number of nitrogens with one attached hydrogen (secondary N) is 1. The zero-order valence-corrected chi connectivity index (χ0v) is 10.7. The average Bonchev–Trinajstić information content (AvgIpc) is 2.76. The van der Waals surface area contributed by atoms with Gasteiger partial charge in [0.05, 0.1) is 0 Å². The van der Waals surface area contributed by atoms with Crippen LogP contribution < -0.4 is 5.32 Å². The van der Waals surface area contributed by atoms with E-state index in [-0.39, 0.29) is 12.4 Å². The van der Waals surface area contributed by atoms with E-state index in [4.69, 9.17) is 0 Å². The van der Waals surface area contributed by atoms with Crippen molar-refractivity contribution in [3.8, 4) is 11.1 Å². The first kappa shape index (κ1) is 12.2. The van der Waals surface area contributed by atoms with Crippen molar-refractivity contribution < 1.29 is 0 Å². The molecule has 1 heterocycles. The summed E-state index contributed by atoms with van der Waals surface area (Å²) in [6.07, 6.45) is 0. The van der Waals surface area contributed by atoms with Crippen LogP contribution in [0.15, 0.2) is 42.5 Å². The normalized spacial score (nSPS) is 13.0. The van der Waals surface area contributed by atoms with Gasteiger partial charge in [-0.05, 0) is 29.2 Å². The summed E-state index contributed by atoms with van der Waals surface area (Å²) in [6, 6.07) is 15.3. The molecule has 2 aromatic carbocycles. The van der Waals surface area contributed by atoms with Crippen LogP contribution in [-0.4, -0.2) is 0 Å². The molecule has 0 fully saturated rings. The number of hydrogen-bond donors (Lipinski definition) is 1. The molecule has 0 bridgehead atoms. The third kappa shape index (κ3) is 2.21. The Labute approximate surface area is 108 Å². The highest BCUT2D eigenvalue weighted by atomic mass is 35.5. The number of aryl methyl sites for hydroxylation is 1. The lowest BCUT2D eigenvalue weighted by Crippen LogP contribution is -2.00. The molecular weight excluding hydrogens is 230 g/mol. The van der Waals surface area contributed by atoms with Gasteiger partial charge < -0.3 is 5.32 Å². The molecule has 0 aliphatic carbocycles. The fraction of sp³-hybridized carbons (Fsp3) is 0.200. The summed E-state index contributed by atoms with van der Waals surface area (Å²) in [5.74, 6) is 0. The van der Waals surface area contributed by atoms with Crippen molar-refractivity contribution >= 4 is 12.4 Å². The van der Waals surface area contributed by atoms with Crippen LogP contribution in [0.3, 0.4) is 0 Å². The first-order valence-electron chi connectivity index (χ1n) is 5.73. The van der Waals surface area contributed by atoms with Crippen molar-refractivity contribution in [1.29, 1.82) is 0 Å². The van der Waals surface area contributed by atoms with E-state index >= 15 is 0 Å². The van der Waals surface area contributed by atoms with E-state index in [9.17, 15) is 0 Å². The van der Waals surface area contributed by atoms with Crippen molar-refractivity contribution in [2.75, 3.05) is 0 Å². The SMILES string of the molecule is Cc1cccc(-c2cccc3c2CNC3)c1.Cl. The van der Waals surface area contributed by atoms with E-state index in [1.165, 1.54) is 27.8 Å². The minimum absolute atomic E-state index is 0. The topological polar surface area (TPSA) is 12.0 Å². The molecule has 0 unspecified atom stereocenters. The summed E-state index contributed by atoms with van der Waals surface area (Å²) in [4.78, 5) is 0. The van der Waals surface area contributed by atoms with Crippen LogP contribution >= 0.6 is 12.4 Å². The number of halogens is 1. The van der Waals surface area contributed by atoms with Gasteiger partial charge in [-0.15, -0.1) is 12.4 Å². The Kier molecular flexibility index (Phi) is 3.51. The molecule has 0 aromatic heterocycles. The Morgan fingerprint density at radius 2 is 1.82 bits per heavy atom.